The summed E-state index contributed by atoms with van der Waals surface area (Å²) in [4.78, 5) is 23.0. The molecule has 0 fully saturated rings. The zero-order valence-corrected chi connectivity index (χ0v) is 14.7. The largest absolute Gasteiger partial charge is 0.469 e. The van der Waals surface area contributed by atoms with Gasteiger partial charge in [-0.15, -0.1) is 0 Å². The number of amides is 1. The van der Waals surface area contributed by atoms with Crippen LogP contribution in [0.4, 0.5) is 0 Å². The van der Waals surface area contributed by atoms with Gasteiger partial charge in [0.1, 0.15) is 5.84 Å². The lowest BCUT2D eigenvalue weighted by molar-refractivity contribution is -0.141. The average molecular weight is 353 g/mol. The summed E-state index contributed by atoms with van der Waals surface area (Å²) in [5, 5.41) is 7.59. The molecule has 0 aliphatic carbocycles. The molecule has 0 saturated heterocycles. The van der Waals surface area contributed by atoms with Crippen LogP contribution in [0.5, 0.6) is 0 Å². The van der Waals surface area contributed by atoms with Gasteiger partial charge in [0, 0.05) is 11.1 Å². The number of esters is 1. The summed E-state index contributed by atoms with van der Waals surface area (Å²) in [5.74, 6) is -0.809. The van der Waals surface area contributed by atoms with E-state index in [-0.39, 0.29) is 24.1 Å². The predicted octanol–water partition coefficient (Wildman–Crippen LogP) is 2.35. The van der Waals surface area contributed by atoms with Gasteiger partial charge in [0.2, 0.25) is 5.91 Å². The van der Waals surface area contributed by atoms with E-state index < -0.39 is 5.91 Å². The third-order valence-corrected chi connectivity index (χ3v) is 4.33. The lowest BCUT2D eigenvalue weighted by Gasteiger charge is -2.17. The van der Waals surface area contributed by atoms with Gasteiger partial charge < -0.3 is 16.2 Å². The number of nitrogens with one attached hydrogen (secondary N) is 1. The van der Waals surface area contributed by atoms with Crippen molar-refractivity contribution in [2.45, 2.75) is 25.2 Å². The summed E-state index contributed by atoms with van der Waals surface area (Å²) in [6.07, 6.45) is 1.69. The topological polar surface area (TPSA) is 119 Å². The molecule has 0 aliphatic rings. The molecule has 1 atom stereocenters. The molecule has 0 bridgehead atoms. The molecule has 0 spiro atoms. The van der Waals surface area contributed by atoms with E-state index in [2.05, 4.69) is 0 Å². The number of amidine groups is 1. The first-order valence-corrected chi connectivity index (χ1v) is 8.30. The number of nitrogen functional groups attached to an aromatic ring is 1. The van der Waals surface area contributed by atoms with Crippen LogP contribution in [0.2, 0.25) is 0 Å². The van der Waals surface area contributed by atoms with E-state index in [1.54, 1.807) is 18.2 Å². The zero-order chi connectivity index (χ0) is 19.1. The summed E-state index contributed by atoms with van der Waals surface area (Å²) in [6, 6.07) is 14.5. The highest BCUT2D eigenvalue weighted by atomic mass is 16.5. The molecule has 2 aromatic carbocycles. The number of carbonyl (C=O) groups is 2. The van der Waals surface area contributed by atoms with Crippen LogP contribution in [0, 0.1) is 5.41 Å². The Hall–Kier alpha value is -3.15. The van der Waals surface area contributed by atoms with E-state index in [0.717, 1.165) is 17.5 Å². The number of carbonyl (C=O) groups excluding carboxylic acids is 2. The summed E-state index contributed by atoms with van der Waals surface area (Å²) in [6.45, 7) is 0. The molecule has 2 rings (SSSR count). The Bertz CT molecular complexity index is 800. The van der Waals surface area contributed by atoms with Crippen LogP contribution in [0.3, 0.4) is 0 Å². The van der Waals surface area contributed by atoms with E-state index in [9.17, 15) is 9.59 Å². The number of aryl methyl sites for hydroxylation is 1. The van der Waals surface area contributed by atoms with Crippen molar-refractivity contribution in [3.63, 3.8) is 0 Å². The number of nitrogens with two attached hydrogens (primary N) is 2. The van der Waals surface area contributed by atoms with Crippen LogP contribution in [0.15, 0.2) is 48.5 Å². The minimum Gasteiger partial charge on any atom is -0.469 e. The Morgan fingerprint density at radius 1 is 1.08 bits per heavy atom. The van der Waals surface area contributed by atoms with Crippen LogP contribution in [0.25, 0.3) is 0 Å². The molecule has 1 amide bonds. The molecule has 5 N–H and O–H groups in total. The maximum absolute atomic E-state index is 11.8. The second-order valence-electron chi connectivity index (χ2n) is 6.12. The fraction of sp³-hybridized carbons (Fsp3) is 0.250. The summed E-state index contributed by atoms with van der Waals surface area (Å²) < 4.78 is 4.82. The lowest BCUT2D eigenvalue weighted by atomic mass is 9.88. The standard InChI is InChI=1S/C20H23N3O3/c1-26-18(24)12-16(15-3-2-4-17(11-15)19(21)22)10-7-13-5-8-14(9-6-13)20(23)25/h2-6,8-9,11,16H,7,10,12H2,1H3,(H3,21,22)(H2,23,25)/t16-/m1/s1. The Morgan fingerprint density at radius 2 is 1.77 bits per heavy atom. The third-order valence-electron chi connectivity index (χ3n) is 4.33. The highest BCUT2D eigenvalue weighted by molar-refractivity contribution is 5.95. The Balaban J connectivity index is 2.16. The van der Waals surface area contributed by atoms with Crippen molar-refractivity contribution in [3.05, 3.63) is 70.8 Å². The molecule has 136 valence electrons. The van der Waals surface area contributed by atoms with Gasteiger partial charge in [0.05, 0.1) is 13.5 Å². The summed E-state index contributed by atoms with van der Waals surface area (Å²) in [5.41, 5.74) is 13.9. The maximum atomic E-state index is 11.8. The molecule has 0 radical (unpaired) electrons. The Kier molecular flexibility index (Phi) is 6.49. The number of benzene rings is 2. The van der Waals surface area contributed by atoms with Crippen molar-refractivity contribution < 1.29 is 14.3 Å². The number of hydrogen-bond donors (Lipinski definition) is 3. The van der Waals surface area contributed by atoms with Crippen molar-refractivity contribution in [2.24, 2.45) is 11.5 Å². The van der Waals surface area contributed by atoms with Crippen LogP contribution in [-0.2, 0) is 16.0 Å². The Labute approximate surface area is 152 Å². The van der Waals surface area contributed by atoms with Crippen molar-refractivity contribution in [1.82, 2.24) is 0 Å². The fourth-order valence-corrected chi connectivity index (χ4v) is 2.81. The molecule has 2 aromatic rings. The molecule has 26 heavy (non-hydrogen) atoms. The quantitative estimate of drug-likeness (QED) is 0.383. The fourth-order valence-electron chi connectivity index (χ4n) is 2.81. The molecular weight excluding hydrogens is 330 g/mol. The molecule has 0 unspecified atom stereocenters. The minimum absolute atomic E-state index is 0.00860. The number of ether oxygens (including phenoxy) is 1. The van der Waals surface area contributed by atoms with Gasteiger partial charge in [0.25, 0.3) is 0 Å². The van der Waals surface area contributed by atoms with E-state index in [1.165, 1.54) is 7.11 Å². The Morgan fingerprint density at radius 3 is 2.35 bits per heavy atom. The molecule has 6 heteroatoms. The molecular formula is C20H23N3O3. The molecule has 0 saturated carbocycles. The molecule has 0 heterocycles. The molecule has 0 aromatic heterocycles. The van der Waals surface area contributed by atoms with E-state index in [0.29, 0.717) is 17.5 Å². The van der Waals surface area contributed by atoms with E-state index >= 15 is 0 Å². The highest BCUT2D eigenvalue weighted by Gasteiger charge is 2.17. The lowest BCUT2D eigenvalue weighted by Crippen LogP contribution is -2.14. The third kappa shape index (κ3) is 5.17. The zero-order valence-electron chi connectivity index (χ0n) is 14.7. The van der Waals surface area contributed by atoms with Crippen LogP contribution < -0.4 is 11.5 Å². The summed E-state index contributed by atoms with van der Waals surface area (Å²) in [7, 11) is 1.37. The normalized spacial score (nSPS) is 11.6. The molecule has 0 aliphatic heterocycles. The number of hydrogen-bond acceptors (Lipinski definition) is 4. The first kappa shape index (κ1) is 19.2. The van der Waals surface area contributed by atoms with Crippen LogP contribution in [0.1, 0.15) is 45.8 Å². The van der Waals surface area contributed by atoms with Crippen LogP contribution >= 0.6 is 0 Å². The minimum atomic E-state index is -0.457. The highest BCUT2D eigenvalue weighted by Crippen LogP contribution is 2.27. The van der Waals surface area contributed by atoms with Gasteiger partial charge in [0.15, 0.2) is 0 Å². The number of methoxy groups -OCH3 is 1. The van der Waals surface area contributed by atoms with Gasteiger partial charge in [-0.2, -0.15) is 0 Å². The number of rotatable bonds is 8. The average Bonchev–Trinajstić information content (AvgIpc) is 2.65. The second-order valence-corrected chi connectivity index (χ2v) is 6.12. The van der Waals surface area contributed by atoms with Gasteiger partial charge in [-0.25, -0.2) is 0 Å². The predicted molar refractivity (Wildman–Crippen MR) is 100 cm³/mol. The van der Waals surface area contributed by atoms with Crippen molar-refractivity contribution in [3.8, 4) is 0 Å². The smallest absolute Gasteiger partial charge is 0.306 e. The van der Waals surface area contributed by atoms with Crippen LogP contribution in [-0.4, -0.2) is 24.8 Å². The number of primary amides is 1. The second kappa shape index (κ2) is 8.80. The molecule has 6 nitrogen and oxygen atoms in total. The van der Waals surface area contributed by atoms with Gasteiger partial charge in [-0.3, -0.25) is 15.0 Å². The van der Waals surface area contributed by atoms with Gasteiger partial charge in [-0.1, -0.05) is 30.3 Å². The van der Waals surface area contributed by atoms with E-state index in [4.69, 9.17) is 21.6 Å². The van der Waals surface area contributed by atoms with E-state index in [1.807, 2.05) is 30.3 Å². The van der Waals surface area contributed by atoms with Crippen molar-refractivity contribution in [1.29, 1.82) is 5.41 Å². The van der Waals surface area contributed by atoms with Gasteiger partial charge in [-0.05, 0) is 48.1 Å². The first-order valence-electron chi connectivity index (χ1n) is 8.30. The maximum Gasteiger partial charge on any atom is 0.306 e. The van der Waals surface area contributed by atoms with Crippen molar-refractivity contribution >= 4 is 17.7 Å². The summed E-state index contributed by atoms with van der Waals surface area (Å²) >= 11 is 0. The monoisotopic (exact) mass is 353 g/mol. The van der Waals surface area contributed by atoms with Gasteiger partial charge >= 0.3 is 5.97 Å². The SMILES string of the molecule is COC(=O)C[C@@H](CCc1ccc(C(N)=O)cc1)c1cccc(C(=N)N)c1. The first-order chi connectivity index (χ1) is 12.4. The van der Waals surface area contributed by atoms with Crippen molar-refractivity contribution in [2.75, 3.05) is 7.11 Å².